The first-order chi connectivity index (χ1) is 13.5. The molecule has 2 aromatic carbocycles. The lowest BCUT2D eigenvalue weighted by atomic mass is 10.0. The molecule has 0 radical (unpaired) electrons. The van der Waals surface area contributed by atoms with Crippen LogP contribution in [0, 0.1) is 0 Å². The van der Waals surface area contributed by atoms with Crippen LogP contribution in [0.25, 0.3) is 10.9 Å². The zero-order valence-corrected chi connectivity index (χ0v) is 16.4. The third-order valence-corrected chi connectivity index (χ3v) is 4.97. The molecule has 0 saturated heterocycles. The molecule has 0 aliphatic carbocycles. The lowest BCUT2D eigenvalue weighted by Gasteiger charge is -2.07. The lowest BCUT2D eigenvalue weighted by molar-refractivity contribution is -0.116. The number of carbonyl (C=O) groups is 2. The summed E-state index contributed by atoms with van der Waals surface area (Å²) in [6, 6.07) is 12.7. The van der Waals surface area contributed by atoms with E-state index in [4.69, 9.17) is 17.3 Å². The maximum Gasteiger partial charge on any atom is 0.224 e. The minimum absolute atomic E-state index is 0.0374. The Morgan fingerprint density at radius 3 is 2.54 bits per heavy atom. The van der Waals surface area contributed by atoms with Crippen molar-refractivity contribution in [2.45, 2.75) is 38.5 Å². The van der Waals surface area contributed by atoms with Gasteiger partial charge < -0.3 is 16.0 Å². The number of aromatic amines is 1. The number of Topliss-reactive ketones (excluding diaryl/α,β-unsaturated/α-hetero) is 1. The number of rotatable bonds is 9. The van der Waals surface area contributed by atoms with Gasteiger partial charge in [-0.3, -0.25) is 9.59 Å². The van der Waals surface area contributed by atoms with E-state index < -0.39 is 0 Å². The van der Waals surface area contributed by atoms with Crippen molar-refractivity contribution in [2.75, 3.05) is 11.1 Å². The number of aromatic nitrogens is 1. The van der Waals surface area contributed by atoms with Crippen molar-refractivity contribution in [3.8, 4) is 0 Å². The number of carbonyl (C=O) groups excluding carboxylic acids is 2. The van der Waals surface area contributed by atoms with Gasteiger partial charge in [0.25, 0.3) is 0 Å². The summed E-state index contributed by atoms with van der Waals surface area (Å²) in [5, 5.41) is 4.32. The Morgan fingerprint density at radius 1 is 1.00 bits per heavy atom. The van der Waals surface area contributed by atoms with Crippen molar-refractivity contribution in [3.63, 3.8) is 0 Å². The molecule has 0 aliphatic heterocycles. The summed E-state index contributed by atoms with van der Waals surface area (Å²) in [5.74, 6) is 0.0791. The van der Waals surface area contributed by atoms with Crippen molar-refractivity contribution < 1.29 is 9.59 Å². The number of unbranched alkanes of at least 4 members (excludes halogenated alkanes) is 3. The number of hydrogen-bond donors (Lipinski definition) is 3. The fourth-order valence-corrected chi connectivity index (χ4v) is 3.38. The van der Waals surface area contributed by atoms with Crippen molar-refractivity contribution in [1.29, 1.82) is 0 Å². The number of nitrogens with two attached hydrogens (primary N) is 1. The normalized spacial score (nSPS) is 10.9. The SMILES string of the molecule is Nc1ccccc1NC(=O)CCCCCCC(=O)c1c[nH]c2ccc(Cl)cc12. The Kier molecular flexibility index (Phi) is 6.71. The molecule has 0 spiro atoms. The molecule has 6 heteroatoms. The summed E-state index contributed by atoms with van der Waals surface area (Å²) < 4.78 is 0. The molecule has 3 aromatic rings. The van der Waals surface area contributed by atoms with E-state index in [0.29, 0.717) is 34.8 Å². The average Bonchev–Trinajstić information content (AvgIpc) is 3.09. The lowest BCUT2D eigenvalue weighted by Crippen LogP contribution is -2.12. The van der Waals surface area contributed by atoms with Crippen LogP contribution in [-0.2, 0) is 4.79 Å². The molecule has 0 atom stereocenters. The summed E-state index contributed by atoms with van der Waals surface area (Å²) in [7, 11) is 0. The Bertz CT molecular complexity index is 981. The number of ketones is 1. The summed E-state index contributed by atoms with van der Waals surface area (Å²) in [6.45, 7) is 0. The molecule has 0 unspecified atom stereocenters. The molecule has 5 nitrogen and oxygen atoms in total. The first-order valence-electron chi connectivity index (χ1n) is 9.49. The van der Waals surface area contributed by atoms with Crippen LogP contribution in [0.2, 0.25) is 5.02 Å². The van der Waals surface area contributed by atoms with Crippen LogP contribution in [0.5, 0.6) is 0 Å². The number of benzene rings is 2. The van der Waals surface area contributed by atoms with Crippen molar-refractivity contribution >= 4 is 45.6 Å². The third-order valence-electron chi connectivity index (χ3n) is 4.74. The highest BCUT2D eigenvalue weighted by atomic mass is 35.5. The standard InChI is InChI=1S/C22H24ClN3O2/c23-15-11-12-19-16(13-15)17(14-25-19)21(27)9-3-1-2-4-10-22(28)26-20-8-6-5-7-18(20)24/h5-8,11-14,25H,1-4,9-10,24H2,(H,26,28). The largest absolute Gasteiger partial charge is 0.397 e. The fourth-order valence-electron chi connectivity index (χ4n) is 3.21. The van der Waals surface area contributed by atoms with E-state index >= 15 is 0 Å². The van der Waals surface area contributed by atoms with Crippen molar-refractivity contribution in [1.82, 2.24) is 4.98 Å². The number of H-pyrrole nitrogens is 1. The topological polar surface area (TPSA) is 88.0 Å². The molecule has 1 heterocycles. The van der Waals surface area contributed by atoms with Gasteiger partial charge in [-0.2, -0.15) is 0 Å². The second-order valence-electron chi connectivity index (χ2n) is 6.87. The van der Waals surface area contributed by atoms with Gasteiger partial charge in [0.2, 0.25) is 5.91 Å². The maximum absolute atomic E-state index is 12.5. The van der Waals surface area contributed by atoms with Gasteiger partial charge in [-0.25, -0.2) is 0 Å². The maximum atomic E-state index is 12.5. The first kappa shape index (κ1) is 20.0. The van der Waals surface area contributed by atoms with Crippen LogP contribution >= 0.6 is 11.6 Å². The van der Waals surface area contributed by atoms with Crippen LogP contribution in [0.4, 0.5) is 11.4 Å². The fraction of sp³-hybridized carbons (Fsp3) is 0.273. The number of anilines is 2. The van der Waals surface area contributed by atoms with E-state index in [1.54, 1.807) is 24.4 Å². The minimum atomic E-state index is -0.0374. The molecule has 1 amide bonds. The first-order valence-corrected chi connectivity index (χ1v) is 9.86. The Morgan fingerprint density at radius 2 is 1.75 bits per heavy atom. The van der Waals surface area contributed by atoms with Crippen molar-refractivity contribution in [3.05, 3.63) is 59.2 Å². The molecule has 3 rings (SSSR count). The highest BCUT2D eigenvalue weighted by Gasteiger charge is 2.12. The van der Waals surface area contributed by atoms with Gasteiger partial charge in [0.1, 0.15) is 0 Å². The predicted molar refractivity (Wildman–Crippen MR) is 115 cm³/mol. The van der Waals surface area contributed by atoms with Crippen LogP contribution in [0.1, 0.15) is 48.9 Å². The van der Waals surface area contributed by atoms with Crippen LogP contribution in [0.3, 0.4) is 0 Å². The summed E-state index contributed by atoms with van der Waals surface area (Å²) >= 11 is 6.03. The van der Waals surface area contributed by atoms with E-state index in [-0.39, 0.29) is 11.7 Å². The average molecular weight is 398 g/mol. The molecule has 146 valence electrons. The quantitative estimate of drug-likeness (QED) is 0.250. The number of nitrogen functional groups attached to an aromatic ring is 1. The Balaban J connectivity index is 1.36. The van der Waals surface area contributed by atoms with Crippen LogP contribution < -0.4 is 11.1 Å². The molecule has 0 bridgehead atoms. The van der Waals surface area contributed by atoms with Crippen LogP contribution in [0.15, 0.2) is 48.7 Å². The molecule has 1 aromatic heterocycles. The minimum Gasteiger partial charge on any atom is -0.397 e. The monoisotopic (exact) mass is 397 g/mol. The second-order valence-corrected chi connectivity index (χ2v) is 7.30. The molecule has 28 heavy (non-hydrogen) atoms. The van der Waals surface area contributed by atoms with E-state index in [1.807, 2.05) is 24.3 Å². The van der Waals surface area contributed by atoms with Gasteiger partial charge in [-0.1, -0.05) is 36.6 Å². The van der Waals surface area contributed by atoms with Gasteiger partial charge >= 0.3 is 0 Å². The van der Waals surface area contributed by atoms with Crippen molar-refractivity contribution in [2.24, 2.45) is 0 Å². The number of nitrogens with one attached hydrogen (secondary N) is 2. The molecule has 0 fully saturated rings. The van der Waals surface area contributed by atoms with E-state index in [0.717, 1.165) is 36.6 Å². The van der Waals surface area contributed by atoms with Gasteiger partial charge in [0.05, 0.1) is 11.4 Å². The van der Waals surface area contributed by atoms with E-state index in [2.05, 4.69) is 10.3 Å². The third kappa shape index (κ3) is 5.14. The zero-order valence-electron chi connectivity index (χ0n) is 15.6. The summed E-state index contributed by atoms with van der Waals surface area (Å²) in [5.41, 5.74) is 8.64. The van der Waals surface area contributed by atoms with E-state index in [9.17, 15) is 9.59 Å². The zero-order chi connectivity index (χ0) is 19.9. The van der Waals surface area contributed by atoms with Crippen LogP contribution in [-0.4, -0.2) is 16.7 Å². The van der Waals surface area contributed by atoms with Gasteiger partial charge in [-0.15, -0.1) is 0 Å². The smallest absolute Gasteiger partial charge is 0.224 e. The van der Waals surface area contributed by atoms with E-state index in [1.165, 1.54) is 0 Å². The Labute approximate surface area is 169 Å². The second kappa shape index (κ2) is 9.42. The molecular weight excluding hydrogens is 374 g/mol. The number of para-hydroxylation sites is 2. The molecule has 0 aliphatic rings. The Hall–Kier alpha value is -2.79. The number of halogens is 1. The molecular formula is C22H24ClN3O2. The summed E-state index contributed by atoms with van der Waals surface area (Å²) in [6.07, 6.45) is 6.10. The van der Waals surface area contributed by atoms with Gasteiger partial charge in [0.15, 0.2) is 5.78 Å². The highest BCUT2D eigenvalue weighted by Crippen LogP contribution is 2.24. The van der Waals surface area contributed by atoms with Gasteiger partial charge in [0, 0.05) is 40.5 Å². The molecule has 0 saturated carbocycles. The predicted octanol–water partition coefficient (Wildman–Crippen LogP) is 5.57. The summed E-state index contributed by atoms with van der Waals surface area (Å²) in [4.78, 5) is 27.6. The number of fused-ring (bicyclic) bond motifs is 1. The number of amides is 1. The van der Waals surface area contributed by atoms with Gasteiger partial charge in [-0.05, 0) is 43.2 Å². The molecule has 4 N–H and O–H groups in total. The number of hydrogen-bond acceptors (Lipinski definition) is 3. The highest BCUT2D eigenvalue weighted by molar-refractivity contribution is 6.31.